The fourth-order valence-corrected chi connectivity index (χ4v) is 3.90. The number of anilines is 1. The number of amides is 2. The number of halogens is 1. The molecule has 0 radical (unpaired) electrons. The molecule has 160 valence electrons. The Morgan fingerprint density at radius 1 is 1.19 bits per heavy atom. The average Bonchev–Trinajstić information content (AvgIpc) is 3.35. The zero-order valence-corrected chi connectivity index (χ0v) is 18.2. The molecule has 1 fully saturated rings. The minimum Gasteiger partial charge on any atom is -0.495 e. The summed E-state index contributed by atoms with van der Waals surface area (Å²) in [5.74, 6) is 0.137. The van der Waals surface area contributed by atoms with E-state index in [1.165, 1.54) is 0 Å². The highest BCUT2D eigenvalue weighted by atomic mass is 35.5. The van der Waals surface area contributed by atoms with Gasteiger partial charge in [-0.3, -0.25) is 9.59 Å². The van der Waals surface area contributed by atoms with E-state index >= 15 is 0 Å². The largest absolute Gasteiger partial charge is 0.495 e. The van der Waals surface area contributed by atoms with Gasteiger partial charge < -0.3 is 19.5 Å². The van der Waals surface area contributed by atoms with Gasteiger partial charge in [0.25, 0.3) is 0 Å². The summed E-state index contributed by atoms with van der Waals surface area (Å²) < 4.78 is 7.42. The number of aromatic nitrogens is 1. The van der Waals surface area contributed by atoms with Crippen molar-refractivity contribution in [2.24, 2.45) is 5.92 Å². The van der Waals surface area contributed by atoms with Crippen LogP contribution >= 0.6 is 11.6 Å². The van der Waals surface area contributed by atoms with Crippen LogP contribution in [0.2, 0.25) is 5.02 Å². The Labute approximate surface area is 186 Å². The number of hydrogen-bond acceptors (Lipinski definition) is 3. The molecule has 0 bridgehead atoms. The van der Waals surface area contributed by atoms with E-state index in [0.717, 1.165) is 16.8 Å². The van der Waals surface area contributed by atoms with Crippen molar-refractivity contribution in [1.29, 1.82) is 0 Å². The van der Waals surface area contributed by atoms with Crippen LogP contribution in [0.1, 0.15) is 17.5 Å². The minimum absolute atomic E-state index is 0.0201. The molecule has 3 aromatic rings. The number of carbonyl (C=O) groups is 2. The summed E-state index contributed by atoms with van der Waals surface area (Å²) in [4.78, 5) is 27.0. The molecule has 31 heavy (non-hydrogen) atoms. The smallest absolute Gasteiger partial charge is 0.229 e. The van der Waals surface area contributed by atoms with E-state index in [4.69, 9.17) is 16.3 Å². The minimum atomic E-state index is -0.390. The van der Waals surface area contributed by atoms with Crippen LogP contribution in [0.15, 0.2) is 60.9 Å². The molecule has 0 aliphatic carbocycles. The van der Waals surface area contributed by atoms with Gasteiger partial charge in [0.2, 0.25) is 11.8 Å². The molecule has 2 amide bonds. The van der Waals surface area contributed by atoms with Crippen LogP contribution in [-0.4, -0.2) is 34.9 Å². The number of nitrogens with one attached hydrogen (secondary N) is 1. The second-order valence-electron chi connectivity index (χ2n) is 7.77. The van der Waals surface area contributed by atoms with Crippen molar-refractivity contribution in [2.45, 2.75) is 19.9 Å². The molecule has 6 nitrogen and oxygen atoms in total. The van der Waals surface area contributed by atoms with Gasteiger partial charge in [-0.05, 0) is 54.4 Å². The maximum atomic E-state index is 12.9. The molecule has 2 aromatic carbocycles. The zero-order chi connectivity index (χ0) is 22.0. The van der Waals surface area contributed by atoms with Gasteiger partial charge in [0.1, 0.15) is 5.75 Å². The van der Waals surface area contributed by atoms with Crippen LogP contribution in [0.25, 0.3) is 5.69 Å². The van der Waals surface area contributed by atoms with E-state index in [0.29, 0.717) is 29.5 Å². The molecule has 1 aliphatic rings. The average molecular weight is 438 g/mol. The van der Waals surface area contributed by atoms with E-state index in [-0.39, 0.29) is 24.2 Å². The Hall–Kier alpha value is -3.25. The van der Waals surface area contributed by atoms with Crippen molar-refractivity contribution in [1.82, 2.24) is 9.47 Å². The number of methoxy groups -OCH3 is 1. The van der Waals surface area contributed by atoms with Crippen LogP contribution in [0.4, 0.5) is 5.69 Å². The quantitative estimate of drug-likeness (QED) is 0.620. The van der Waals surface area contributed by atoms with Gasteiger partial charge in [0.05, 0.1) is 18.7 Å². The summed E-state index contributed by atoms with van der Waals surface area (Å²) in [6, 6.07) is 14.9. The van der Waals surface area contributed by atoms with E-state index < -0.39 is 0 Å². The predicted molar refractivity (Wildman–Crippen MR) is 121 cm³/mol. The Morgan fingerprint density at radius 3 is 2.65 bits per heavy atom. The molecule has 7 heteroatoms. The van der Waals surface area contributed by atoms with Gasteiger partial charge in [-0.2, -0.15) is 0 Å². The molecule has 1 saturated heterocycles. The molecule has 1 aromatic heterocycles. The third-order valence-corrected chi connectivity index (χ3v) is 5.69. The van der Waals surface area contributed by atoms with Gasteiger partial charge >= 0.3 is 0 Å². The second-order valence-corrected chi connectivity index (χ2v) is 8.21. The monoisotopic (exact) mass is 437 g/mol. The summed E-state index contributed by atoms with van der Waals surface area (Å²) in [5.41, 5.74) is 3.61. The number of ether oxygens (including phenoxy) is 1. The first-order valence-electron chi connectivity index (χ1n) is 10.1. The fraction of sp³-hybridized carbons (Fsp3) is 0.250. The summed E-state index contributed by atoms with van der Waals surface area (Å²) in [5, 5.41) is 3.62. The summed E-state index contributed by atoms with van der Waals surface area (Å²) in [6.07, 6.45) is 4.15. The Balaban J connectivity index is 1.44. The van der Waals surface area contributed by atoms with E-state index in [9.17, 15) is 9.59 Å². The second kappa shape index (κ2) is 8.86. The first kappa shape index (κ1) is 21.0. The number of nitrogens with zero attached hydrogens (tertiary/aromatic N) is 2. The van der Waals surface area contributed by atoms with E-state index in [2.05, 4.69) is 5.32 Å². The number of hydrogen-bond donors (Lipinski definition) is 1. The summed E-state index contributed by atoms with van der Waals surface area (Å²) >= 11 is 5.93. The normalized spacial score (nSPS) is 15.9. The predicted octanol–water partition coefficient (Wildman–Crippen LogP) is 4.43. The third-order valence-electron chi connectivity index (χ3n) is 5.44. The fourth-order valence-electron chi connectivity index (χ4n) is 3.78. The van der Waals surface area contributed by atoms with Crippen LogP contribution in [-0.2, 0) is 16.1 Å². The molecule has 4 rings (SSSR count). The van der Waals surface area contributed by atoms with Crippen LogP contribution in [0.5, 0.6) is 5.75 Å². The number of aryl methyl sites for hydroxylation is 1. The van der Waals surface area contributed by atoms with Crippen LogP contribution < -0.4 is 10.1 Å². The van der Waals surface area contributed by atoms with Gasteiger partial charge in [0.15, 0.2) is 0 Å². The van der Waals surface area contributed by atoms with Gasteiger partial charge in [-0.25, -0.2) is 0 Å². The molecular weight excluding hydrogens is 414 g/mol. The highest BCUT2D eigenvalue weighted by molar-refractivity contribution is 6.30. The van der Waals surface area contributed by atoms with Crippen molar-refractivity contribution in [3.8, 4) is 11.4 Å². The van der Waals surface area contributed by atoms with Gasteiger partial charge in [-0.1, -0.05) is 23.7 Å². The van der Waals surface area contributed by atoms with Crippen LogP contribution in [0.3, 0.4) is 0 Å². The van der Waals surface area contributed by atoms with Crippen molar-refractivity contribution >= 4 is 29.1 Å². The van der Waals surface area contributed by atoms with Crippen molar-refractivity contribution < 1.29 is 14.3 Å². The lowest BCUT2D eigenvalue weighted by atomic mass is 10.1. The standard InChI is InChI=1S/C24H24ClN3O3/c1-16-9-10-27(13-16)21-12-20(7-8-22(21)31-2)26-24(30)18-11-23(29)28(15-18)14-17-3-5-19(25)6-4-17/h3-10,12-13,18H,11,14-15H2,1-2H3,(H,26,30). The maximum Gasteiger partial charge on any atom is 0.229 e. The maximum absolute atomic E-state index is 12.9. The van der Waals surface area contributed by atoms with Crippen molar-refractivity contribution in [2.75, 3.05) is 19.0 Å². The molecule has 1 atom stereocenters. The molecule has 0 saturated carbocycles. The lowest BCUT2D eigenvalue weighted by Gasteiger charge is -2.17. The molecule has 0 spiro atoms. The van der Waals surface area contributed by atoms with E-state index in [1.807, 2.05) is 54.2 Å². The molecule has 1 unspecified atom stereocenters. The van der Waals surface area contributed by atoms with Gasteiger partial charge in [-0.15, -0.1) is 0 Å². The van der Waals surface area contributed by atoms with Crippen molar-refractivity contribution in [3.63, 3.8) is 0 Å². The lowest BCUT2D eigenvalue weighted by Crippen LogP contribution is -2.28. The van der Waals surface area contributed by atoms with Crippen molar-refractivity contribution in [3.05, 3.63) is 77.1 Å². The topological polar surface area (TPSA) is 63.6 Å². The molecular formula is C24H24ClN3O3. The third kappa shape index (κ3) is 4.75. The van der Waals surface area contributed by atoms with Crippen LogP contribution in [0, 0.1) is 12.8 Å². The lowest BCUT2D eigenvalue weighted by molar-refractivity contribution is -0.128. The first-order valence-corrected chi connectivity index (χ1v) is 10.5. The SMILES string of the molecule is COc1ccc(NC(=O)C2CC(=O)N(Cc3ccc(Cl)cc3)C2)cc1-n1ccc(C)c1. The number of likely N-dealkylation sites (tertiary alicyclic amines) is 1. The number of carbonyl (C=O) groups excluding carboxylic acids is 2. The molecule has 2 heterocycles. The van der Waals surface area contributed by atoms with E-state index in [1.54, 1.807) is 30.2 Å². The highest BCUT2D eigenvalue weighted by Gasteiger charge is 2.34. The van der Waals surface area contributed by atoms with Gasteiger partial charge in [0, 0.05) is 42.6 Å². The summed E-state index contributed by atoms with van der Waals surface area (Å²) in [6.45, 7) is 2.88. The Kier molecular flexibility index (Phi) is 6.00. The highest BCUT2D eigenvalue weighted by Crippen LogP contribution is 2.28. The molecule has 1 N–H and O–H groups in total. The number of benzene rings is 2. The molecule has 1 aliphatic heterocycles. The Morgan fingerprint density at radius 2 is 1.97 bits per heavy atom. The zero-order valence-electron chi connectivity index (χ0n) is 17.5. The summed E-state index contributed by atoms with van der Waals surface area (Å²) in [7, 11) is 1.62. The Bertz CT molecular complexity index is 1110. The number of rotatable bonds is 6. The first-order chi connectivity index (χ1) is 14.9.